The van der Waals surface area contributed by atoms with Crippen LogP contribution in [0.15, 0.2) is 18.2 Å². The quantitative estimate of drug-likeness (QED) is 0.849. The van der Waals surface area contributed by atoms with Crippen molar-refractivity contribution in [3.8, 4) is 0 Å². The molecule has 1 rings (SSSR count). The molecule has 0 aliphatic carbocycles. The van der Waals surface area contributed by atoms with Gasteiger partial charge in [-0.1, -0.05) is 24.6 Å². The molecule has 0 saturated heterocycles. The van der Waals surface area contributed by atoms with Gasteiger partial charge in [0.2, 0.25) is 5.91 Å². The summed E-state index contributed by atoms with van der Waals surface area (Å²) in [4.78, 5) is 11.6. The maximum absolute atomic E-state index is 13.4. The predicted molar refractivity (Wildman–Crippen MR) is 64.4 cm³/mol. The number of rotatable bonds is 5. The van der Waals surface area contributed by atoms with Gasteiger partial charge >= 0.3 is 0 Å². The molecule has 0 radical (unpaired) electrons. The summed E-state index contributed by atoms with van der Waals surface area (Å²) in [7, 11) is 0. The molecule has 0 aromatic heterocycles. The highest BCUT2D eigenvalue weighted by Gasteiger charge is 2.14. The number of aliphatic hydroxyl groups is 1. The monoisotopic (exact) mass is 259 g/mol. The largest absolute Gasteiger partial charge is 0.394 e. The van der Waals surface area contributed by atoms with E-state index in [1.165, 1.54) is 18.2 Å². The Kier molecular flexibility index (Phi) is 5.38. The summed E-state index contributed by atoms with van der Waals surface area (Å²) in [6.45, 7) is 1.71. The van der Waals surface area contributed by atoms with Crippen molar-refractivity contribution in [1.29, 1.82) is 0 Å². The zero-order valence-corrected chi connectivity index (χ0v) is 10.3. The number of amides is 1. The number of hydrogen-bond acceptors (Lipinski definition) is 2. The van der Waals surface area contributed by atoms with Gasteiger partial charge in [0.05, 0.1) is 19.1 Å². The highest BCUT2D eigenvalue weighted by Crippen LogP contribution is 2.19. The molecule has 0 saturated carbocycles. The number of hydrogen-bond donors (Lipinski definition) is 2. The molecule has 17 heavy (non-hydrogen) atoms. The van der Waals surface area contributed by atoms with Gasteiger partial charge in [-0.15, -0.1) is 0 Å². The van der Waals surface area contributed by atoms with E-state index in [9.17, 15) is 9.18 Å². The Labute approximate surface area is 105 Å². The first-order valence-electron chi connectivity index (χ1n) is 5.41. The van der Waals surface area contributed by atoms with Crippen molar-refractivity contribution in [3.05, 3.63) is 34.6 Å². The van der Waals surface area contributed by atoms with Crippen LogP contribution in [0.4, 0.5) is 4.39 Å². The Morgan fingerprint density at radius 2 is 2.29 bits per heavy atom. The summed E-state index contributed by atoms with van der Waals surface area (Å²) in [6.07, 6.45) is 0.495. The molecule has 2 N–H and O–H groups in total. The first-order chi connectivity index (χ1) is 8.08. The van der Waals surface area contributed by atoms with E-state index in [0.29, 0.717) is 6.42 Å². The molecular formula is C12H15ClFNO2. The minimum Gasteiger partial charge on any atom is -0.394 e. The molecule has 3 nitrogen and oxygen atoms in total. The molecule has 0 fully saturated rings. The zero-order chi connectivity index (χ0) is 12.8. The molecular weight excluding hydrogens is 245 g/mol. The molecule has 0 heterocycles. The lowest BCUT2D eigenvalue weighted by atomic mass is 10.1. The lowest BCUT2D eigenvalue weighted by molar-refractivity contribution is -0.121. The van der Waals surface area contributed by atoms with Crippen LogP contribution in [0.3, 0.4) is 0 Å². The van der Waals surface area contributed by atoms with Crippen LogP contribution in [-0.2, 0) is 11.2 Å². The van der Waals surface area contributed by atoms with Gasteiger partial charge in [0.15, 0.2) is 0 Å². The van der Waals surface area contributed by atoms with Crippen LogP contribution in [0.2, 0.25) is 5.02 Å². The van der Waals surface area contributed by atoms with Gasteiger partial charge < -0.3 is 10.4 Å². The molecule has 1 atom stereocenters. The molecule has 0 unspecified atom stereocenters. The van der Waals surface area contributed by atoms with Crippen molar-refractivity contribution in [2.75, 3.05) is 6.61 Å². The molecule has 94 valence electrons. The van der Waals surface area contributed by atoms with E-state index >= 15 is 0 Å². The Bertz CT molecular complexity index is 374. The number of carbonyl (C=O) groups excluding carboxylic acids is 1. The second kappa shape index (κ2) is 6.57. The topological polar surface area (TPSA) is 49.3 Å². The van der Waals surface area contributed by atoms with E-state index in [0.717, 1.165) is 0 Å². The number of nitrogens with one attached hydrogen (secondary N) is 1. The lowest BCUT2D eigenvalue weighted by Gasteiger charge is -2.14. The van der Waals surface area contributed by atoms with Crippen LogP contribution in [0.25, 0.3) is 0 Å². The molecule has 0 aliphatic heterocycles. The highest BCUT2D eigenvalue weighted by atomic mass is 35.5. The SMILES string of the molecule is CC[C@@H](CO)NC(=O)Cc1c(F)cccc1Cl. The minimum atomic E-state index is -0.496. The van der Waals surface area contributed by atoms with E-state index in [-0.39, 0.29) is 35.6 Å². The number of benzene rings is 1. The van der Waals surface area contributed by atoms with Crippen LogP contribution in [-0.4, -0.2) is 23.7 Å². The summed E-state index contributed by atoms with van der Waals surface area (Å²) < 4.78 is 13.4. The fourth-order valence-corrected chi connectivity index (χ4v) is 1.65. The van der Waals surface area contributed by atoms with E-state index in [4.69, 9.17) is 16.7 Å². The fourth-order valence-electron chi connectivity index (χ4n) is 1.42. The summed E-state index contributed by atoms with van der Waals surface area (Å²) in [5.74, 6) is -0.845. The third-order valence-electron chi connectivity index (χ3n) is 2.48. The predicted octanol–water partition coefficient (Wildman–Crippen LogP) is 1.91. The Morgan fingerprint density at radius 1 is 1.59 bits per heavy atom. The third-order valence-corrected chi connectivity index (χ3v) is 2.83. The normalized spacial score (nSPS) is 12.2. The standard InChI is InChI=1S/C12H15ClFNO2/c1-2-8(7-16)15-12(17)6-9-10(13)4-3-5-11(9)14/h3-5,8,16H,2,6-7H2,1H3,(H,15,17)/t8-/m0/s1. The second-order valence-electron chi connectivity index (χ2n) is 3.73. The average molecular weight is 260 g/mol. The van der Waals surface area contributed by atoms with Gasteiger partial charge in [0.25, 0.3) is 0 Å². The molecule has 0 spiro atoms. The molecule has 1 aromatic rings. The van der Waals surface area contributed by atoms with E-state index in [2.05, 4.69) is 5.32 Å². The van der Waals surface area contributed by atoms with Crippen LogP contribution in [0, 0.1) is 5.82 Å². The molecule has 0 bridgehead atoms. The van der Waals surface area contributed by atoms with E-state index in [1.54, 1.807) is 0 Å². The van der Waals surface area contributed by atoms with Crippen LogP contribution >= 0.6 is 11.6 Å². The van der Waals surface area contributed by atoms with Gasteiger partial charge in [0, 0.05) is 10.6 Å². The molecule has 5 heteroatoms. The molecule has 0 aliphatic rings. The van der Waals surface area contributed by atoms with Crippen LogP contribution < -0.4 is 5.32 Å². The summed E-state index contributed by atoms with van der Waals surface area (Å²) in [5, 5.41) is 11.8. The smallest absolute Gasteiger partial charge is 0.224 e. The average Bonchev–Trinajstić information content (AvgIpc) is 2.31. The van der Waals surface area contributed by atoms with Crippen molar-refractivity contribution in [2.24, 2.45) is 0 Å². The molecule has 1 amide bonds. The van der Waals surface area contributed by atoms with Gasteiger partial charge in [-0.25, -0.2) is 4.39 Å². The number of halogens is 2. The summed E-state index contributed by atoms with van der Waals surface area (Å²) >= 11 is 5.81. The number of aliphatic hydroxyl groups excluding tert-OH is 1. The van der Waals surface area contributed by atoms with Crippen molar-refractivity contribution < 1.29 is 14.3 Å². The van der Waals surface area contributed by atoms with Crippen molar-refractivity contribution in [3.63, 3.8) is 0 Å². The summed E-state index contributed by atoms with van der Waals surface area (Å²) in [6, 6.07) is 3.99. The summed E-state index contributed by atoms with van der Waals surface area (Å²) in [5.41, 5.74) is 0.180. The van der Waals surface area contributed by atoms with Gasteiger partial charge in [0.1, 0.15) is 5.82 Å². The fraction of sp³-hybridized carbons (Fsp3) is 0.417. The Hall–Kier alpha value is -1.13. The lowest BCUT2D eigenvalue weighted by Crippen LogP contribution is -2.38. The van der Waals surface area contributed by atoms with Crippen LogP contribution in [0.1, 0.15) is 18.9 Å². The second-order valence-corrected chi connectivity index (χ2v) is 4.14. The van der Waals surface area contributed by atoms with Gasteiger partial charge in [-0.3, -0.25) is 4.79 Å². The van der Waals surface area contributed by atoms with Crippen molar-refractivity contribution >= 4 is 17.5 Å². The van der Waals surface area contributed by atoms with E-state index < -0.39 is 5.82 Å². The third kappa shape index (κ3) is 3.98. The number of carbonyl (C=O) groups is 1. The molecule has 1 aromatic carbocycles. The van der Waals surface area contributed by atoms with Crippen LogP contribution in [0.5, 0.6) is 0 Å². The minimum absolute atomic E-state index is 0.123. The maximum Gasteiger partial charge on any atom is 0.224 e. The highest BCUT2D eigenvalue weighted by molar-refractivity contribution is 6.31. The van der Waals surface area contributed by atoms with Gasteiger partial charge in [-0.2, -0.15) is 0 Å². The Morgan fingerprint density at radius 3 is 2.82 bits per heavy atom. The first kappa shape index (κ1) is 13.9. The Balaban J connectivity index is 2.68. The van der Waals surface area contributed by atoms with Gasteiger partial charge in [-0.05, 0) is 18.6 Å². The van der Waals surface area contributed by atoms with Crippen molar-refractivity contribution in [1.82, 2.24) is 5.32 Å². The maximum atomic E-state index is 13.4. The van der Waals surface area contributed by atoms with Crippen molar-refractivity contribution in [2.45, 2.75) is 25.8 Å². The van der Waals surface area contributed by atoms with E-state index in [1.807, 2.05) is 6.92 Å². The zero-order valence-electron chi connectivity index (χ0n) is 9.54. The first-order valence-corrected chi connectivity index (χ1v) is 5.79.